The Morgan fingerprint density at radius 3 is 2.32 bits per heavy atom. The number of carbonyl (C=O) groups excluding carboxylic acids is 3. The summed E-state index contributed by atoms with van der Waals surface area (Å²) in [4.78, 5) is 35.8. The molecule has 0 unspecified atom stereocenters. The van der Waals surface area contributed by atoms with E-state index >= 15 is 0 Å². The van der Waals surface area contributed by atoms with Crippen molar-refractivity contribution in [1.29, 1.82) is 0 Å². The van der Waals surface area contributed by atoms with E-state index in [1.807, 2.05) is 6.92 Å². The first-order valence-corrected chi connectivity index (χ1v) is 6.81. The summed E-state index contributed by atoms with van der Waals surface area (Å²) in [6.45, 7) is 1.83. The monoisotopic (exact) mass is 308 g/mol. The molecular formula is C15H20N2O5. The predicted molar refractivity (Wildman–Crippen MR) is 79.6 cm³/mol. The zero-order valence-corrected chi connectivity index (χ0v) is 12.9. The number of likely N-dealkylation sites (N-methyl/N-ethyl adjacent to an activating group) is 1. The molecule has 0 fully saturated rings. The highest BCUT2D eigenvalue weighted by atomic mass is 16.5. The standard InChI is InChI=1S/C15H20N2O5/c1-4-21-12-7-5-11(6-8-12)15(20)22-10-13(18)16-9-14(19)17(2)3/h5-8H,4,9-10H2,1-3H3,(H,16,18). The summed E-state index contributed by atoms with van der Waals surface area (Å²) in [5.41, 5.74) is 0.320. The molecule has 0 radical (unpaired) electrons. The van der Waals surface area contributed by atoms with E-state index in [-0.39, 0.29) is 12.5 Å². The number of nitrogens with zero attached hydrogens (tertiary/aromatic N) is 1. The third-order valence-corrected chi connectivity index (χ3v) is 2.67. The Labute approximate surface area is 129 Å². The van der Waals surface area contributed by atoms with E-state index in [4.69, 9.17) is 9.47 Å². The Balaban J connectivity index is 2.38. The topological polar surface area (TPSA) is 84.9 Å². The fourth-order valence-electron chi connectivity index (χ4n) is 1.45. The molecule has 0 spiro atoms. The minimum Gasteiger partial charge on any atom is -0.494 e. The van der Waals surface area contributed by atoms with Gasteiger partial charge in [0.25, 0.3) is 5.91 Å². The highest BCUT2D eigenvalue weighted by Gasteiger charge is 2.11. The molecule has 0 heterocycles. The summed E-state index contributed by atoms with van der Waals surface area (Å²) < 4.78 is 10.1. The Kier molecular flexibility index (Phi) is 6.88. The number of hydrogen-bond donors (Lipinski definition) is 1. The van der Waals surface area contributed by atoms with Crippen LogP contribution in [0.5, 0.6) is 5.75 Å². The zero-order chi connectivity index (χ0) is 16.5. The van der Waals surface area contributed by atoms with Crippen LogP contribution in [-0.2, 0) is 14.3 Å². The fraction of sp³-hybridized carbons (Fsp3) is 0.400. The van der Waals surface area contributed by atoms with Gasteiger partial charge in [0.2, 0.25) is 5.91 Å². The summed E-state index contributed by atoms with van der Waals surface area (Å²) in [5.74, 6) is -0.739. The van der Waals surface area contributed by atoms with Crippen LogP contribution < -0.4 is 10.1 Å². The Hall–Kier alpha value is -2.57. The number of hydrogen-bond acceptors (Lipinski definition) is 5. The van der Waals surface area contributed by atoms with Gasteiger partial charge >= 0.3 is 5.97 Å². The van der Waals surface area contributed by atoms with Crippen LogP contribution >= 0.6 is 0 Å². The molecule has 1 rings (SSSR count). The first kappa shape index (κ1) is 17.5. The fourth-order valence-corrected chi connectivity index (χ4v) is 1.45. The normalized spacial score (nSPS) is 9.77. The first-order chi connectivity index (χ1) is 10.4. The summed E-state index contributed by atoms with van der Waals surface area (Å²) in [7, 11) is 3.17. The third-order valence-electron chi connectivity index (χ3n) is 2.67. The Bertz CT molecular complexity index is 525. The lowest BCUT2D eigenvalue weighted by Crippen LogP contribution is -2.38. The van der Waals surface area contributed by atoms with Crippen LogP contribution in [0.15, 0.2) is 24.3 Å². The van der Waals surface area contributed by atoms with Crippen LogP contribution in [0.2, 0.25) is 0 Å². The lowest BCUT2D eigenvalue weighted by Gasteiger charge is -2.11. The van der Waals surface area contributed by atoms with E-state index in [1.165, 1.54) is 4.90 Å². The second-order valence-corrected chi connectivity index (χ2v) is 4.60. The maximum atomic E-state index is 11.7. The minimum atomic E-state index is -0.614. The van der Waals surface area contributed by atoms with Gasteiger partial charge in [-0.15, -0.1) is 0 Å². The largest absolute Gasteiger partial charge is 0.494 e. The number of ether oxygens (including phenoxy) is 2. The molecule has 22 heavy (non-hydrogen) atoms. The molecule has 0 aliphatic heterocycles. The van der Waals surface area contributed by atoms with Crippen LogP contribution in [0, 0.1) is 0 Å². The van der Waals surface area contributed by atoms with E-state index in [9.17, 15) is 14.4 Å². The van der Waals surface area contributed by atoms with Gasteiger partial charge in [-0.05, 0) is 31.2 Å². The number of nitrogens with one attached hydrogen (secondary N) is 1. The highest BCUT2D eigenvalue weighted by molar-refractivity contribution is 5.92. The quantitative estimate of drug-likeness (QED) is 0.739. The second kappa shape index (κ2) is 8.66. The van der Waals surface area contributed by atoms with Gasteiger partial charge in [-0.3, -0.25) is 9.59 Å². The van der Waals surface area contributed by atoms with Crippen LogP contribution in [0.1, 0.15) is 17.3 Å². The lowest BCUT2D eigenvalue weighted by molar-refractivity contribution is -0.131. The summed E-state index contributed by atoms with van der Waals surface area (Å²) >= 11 is 0. The lowest BCUT2D eigenvalue weighted by atomic mass is 10.2. The van der Waals surface area contributed by atoms with E-state index in [1.54, 1.807) is 38.4 Å². The van der Waals surface area contributed by atoms with Gasteiger partial charge < -0.3 is 19.7 Å². The van der Waals surface area contributed by atoms with Crippen molar-refractivity contribution >= 4 is 17.8 Å². The molecule has 0 aromatic heterocycles. The van der Waals surface area contributed by atoms with Gasteiger partial charge in [0, 0.05) is 14.1 Å². The minimum absolute atomic E-state index is 0.133. The van der Waals surface area contributed by atoms with Gasteiger partial charge in [0.15, 0.2) is 6.61 Å². The molecule has 0 atom stereocenters. The molecule has 2 amide bonds. The molecule has 1 aromatic rings. The van der Waals surface area contributed by atoms with E-state index in [2.05, 4.69) is 5.32 Å². The molecule has 0 saturated carbocycles. The van der Waals surface area contributed by atoms with Crippen molar-refractivity contribution in [3.63, 3.8) is 0 Å². The predicted octanol–water partition coefficient (Wildman–Crippen LogP) is 0.447. The maximum absolute atomic E-state index is 11.7. The van der Waals surface area contributed by atoms with Crippen LogP contribution in [0.3, 0.4) is 0 Å². The van der Waals surface area contributed by atoms with Gasteiger partial charge in [0.05, 0.1) is 18.7 Å². The second-order valence-electron chi connectivity index (χ2n) is 4.60. The zero-order valence-electron chi connectivity index (χ0n) is 12.9. The number of benzene rings is 1. The van der Waals surface area contributed by atoms with Gasteiger partial charge in [-0.2, -0.15) is 0 Å². The molecule has 7 nitrogen and oxygen atoms in total. The van der Waals surface area contributed by atoms with Crippen LogP contribution in [-0.4, -0.2) is 56.5 Å². The molecular weight excluding hydrogens is 288 g/mol. The number of carbonyl (C=O) groups is 3. The third kappa shape index (κ3) is 5.82. The number of amides is 2. The molecule has 0 bridgehead atoms. The van der Waals surface area contributed by atoms with Gasteiger partial charge in [-0.1, -0.05) is 0 Å². The van der Waals surface area contributed by atoms with Gasteiger partial charge in [-0.25, -0.2) is 4.79 Å². The van der Waals surface area contributed by atoms with Crippen molar-refractivity contribution in [2.75, 3.05) is 33.9 Å². The number of rotatable bonds is 7. The Morgan fingerprint density at radius 1 is 1.14 bits per heavy atom. The first-order valence-electron chi connectivity index (χ1n) is 6.81. The summed E-state index contributed by atoms with van der Waals surface area (Å²) in [5, 5.41) is 2.37. The van der Waals surface area contributed by atoms with Crippen LogP contribution in [0.25, 0.3) is 0 Å². The molecule has 0 aliphatic carbocycles. The highest BCUT2D eigenvalue weighted by Crippen LogP contribution is 2.12. The van der Waals surface area contributed by atoms with E-state index in [0.717, 1.165) is 0 Å². The molecule has 1 N–H and O–H groups in total. The molecule has 120 valence electrons. The average Bonchev–Trinajstić information content (AvgIpc) is 2.51. The molecule has 7 heteroatoms. The van der Waals surface area contributed by atoms with Gasteiger partial charge in [0.1, 0.15) is 5.75 Å². The van der Waals surface area contributed by atoms with Crippen molar-refractivity contribution in [3.8, 4) is 5.75 Å². The van der Waals surface area contributed by atoms with Crippen molar-refractivity contribution in [3.05, 3.63) is 29.8 Å². The summed E-state index contributed by atoms with van der Waals surface area (Å²) in [6.07, 6.45) is 0. The van der Waals surface area contributed by atoms with Crippen LogP contribution in [0.4, 0.5) is 0 Å². The van der Waals surface area contributed by atoms with E-state index < -0.39 is 18.5 Å². The smallest absolute Gasteiger partial charge is 0.338 e. The molecule has 0 aliphatic rings. The molecule has 1 aromatic carbocycles. The Morgan fingerprint density at radius 2 is 1.77 bits per heavy atom. The SMILES string of the molecule is CCOc1ccc(C(=O)OCC(=O)NCC(=O)N(C)C)cc1. The maximum Gasteiger partial charge on any atom is 0.338 e. The molecule has 0 saturated heterocycles. The number of esters is 1. The average molecular weight is 308 g/mol. The van der Waals surface area contributed by atoms with Crippen molar-refractivity contribution in [2.24, 2.45) is 0 Å². The van der Waals surface area contributed by atoms with Crippen molar-refractivity contribution < 1.29 is 23.9 Å². The van der Waals surface area contributed by atoms with E-state index in [0.29, 0.717) is 17.9 Å². The van der Waals surface area contributed by atoms with Crippen molar-refractivity contribution in [2.45, 2.75) is 6.92 Å². The summed E-state index contributed by atoms with van der Waals surface area (Å²) in [6, 6.07) is 6.41. The van der Waals surface area contributed by atoms with Crippen molar-refractivity contribution in [1.82, 2.24) is 10.2 Å².